The van der Waals surface area contributed by atoms with Gasteiger partial charge >= 0.3 is 0 Å². The average molecular weight is 254 g/mol. The van der Waals surface area contributed by atoms with Crippen molar-refractivity contribution >= 4 is 5.82 Å². The third kappa shape index (κ3) is 2.61. The standard InChI is InChI=1S/C16H18N2O/c19-12-13-5-6-16(17-11-13)18-9-7-14-3-1-2-4-15(14)8-10-18/h1-6,11,19H,7-10,12H2. The summed E-state index contributed by atoms with van der Waals surface area (Å²) in [6.45, 7) is 2.06. The van der Waals surface area contributed by atoms with Crippen LogP contribution in [-0.2, 0) is 19.4 Å². The van der Waals surface area contributed by atoms with Crippen molar-refractivity contribution < 1.29 is 5.11 Å². The van der Waals surface area contributed by atoms with E-state index in [1.165, 1.54) is 11.1 Å². The number of fused-ring (bicyclic) bond motifs is 1. The lowest BCUT2D eigenvalue weighted by Crippen LogP contribution is -2.26. The first-order valence-corrected chi connectivity index (χ1v) is 6.74. The van der Waals surface area contributed by atoms with Gasteiger partial charge in [0.05, 0.1) is 6.61 Å². The Morgan fingerprint density at radius 3 is 2.21 bits per heavy atom. The minimum Gasteiger partial charge on any atom is -0.392 e. The molecule has 1 aliphatic heterocycles. The van der Waals surface area contributed by atoms with Gasteiger partial charge in [0, 0.05) is 19.3 Å². The van der Waals surface area contributed by atoms with E-state index in [1.807, 2.05) is 12.1 Å². The zero-order valence-electron chi connectivity index (χ0n) is 10.9. The summed E-state index contributed by atoms with van der Waals surface area (Å²) in [5.74, 6) is 1.00. The number of pyridine rings is 1. The number of benzene rings is 1. The quantitative estimate of drug-likeness (QED) is 0.892. The molecular weight excluding hydrogens is 236 g/mol. The Kier molecular flexibility index (Phi) is 3.47. The fourth-order valence-corrected chi connectivity index (χ4v) is 2.59. The van der Waals surface area contributed by atoms with Gasteiger partial charge in [-0.15, -0.1) is 0 Å². The molecule has 0 saturated carbocycles. The maximum absolute atomic E-state index is 9.05. The van der Waals surface area contributed by atoms with Crippen LogP contribution in [0.15, 0.2) is 42.6 Å². The van der Waals surface area contributed by atoms with Crippen LogP contribution in [0.25, 0.3) is 0 Å². The molecule has 3 rings (SSSR count). The topological polar surface area (TPSA) is 36.4 Å². The number of rotatable bonds is 2. The van der Waals surface area contributed by atoms with E-state index in [-0.39, 0.29) is 6.61 Å². The first-order valence-electron chi connectivity index (χ1n) is 6.74. The summed E-state index contributed by atoms with van der Waals surface area (Å²) in [5.41, 5.74) is 3.77. The number of hydrogen-bond donors (Lipinski definition) is 1. The van der Waals surface area contributed by atoms with E-state index < -0.39 is 0 Å². The molecule has 0 spiro atoms. The molecule has 3 heteroatoms. The molecule has 0 radical (unpaired) electrons. The van der Waals surface area contributed by atoms with Crippen molar-refractivity contribution in [1.82, 2.24) is 4.98 Å². The van der Waals surface area contributed by atoms with E-state index in [4.69, 9.17) is 5.11 Å². The predicted molar refractivity (Wildman–Crippen MR) is 76.2 cm³/mol. The highest BCUT2D eigenvalue weighted by Gasteiger charge is 2.14. The molecule has 1 aromatic heterocycles. The monoisotopic (exact) mass is 254 g/mol. The zero-order valence-corrected chi connectivity index (χ0v) is 10.9. The number of nitrogens with zero attached hydrogens (tertiary/aromatic N) is 2. The molecule has 19 heavy (non-hydrogen) atoms. The second-order valence-electron chi connectivity index (χ2n) is 4.94. The van der Waals surface area contributed by atoms with Crippen molar-refractivity contribution in [2.24, 2.45) is 0 Å². The van der Waals surface area contributed by atoms with E-state index in [2.05, 4.69) is 34.1 Å². The molecule has 1 N–H and O–H groups in total. The molecule has 0 bridgehead atoms. The number of aliphatic hydroxyl groups is 1. The number of hydrogen-bond acceptors (Lipinski definition) is 3. The van der Waals surface area contributed by atoms with Gasteiger partial charge in [0.25, 0.3) is 0 Å². The number of aliphatic hydroxyl groups excluding tert-OH is 1. The summed E-state index contributed by atoms with van der Waals surface area (Å²) in [4.78, 5) is 6.76. The van der Waals surface area contributed by atoms with Crippen molar-refractivity contribution in [1.29, 1.82) is 0 Å². The Hall–Kier alpha value is -1.87. The minimum atomic E-state index is 0.0543. The SMILES string of the molecule is OCc1ccc(N2CCc3ccccc3CC2)nc1. The Morgan fingerprint density at radius 2 is 1.68 bits per heavy atom. The summed E-state index contributed by atoms with van der Waals surface area (Å²) in [5, 5.41) is 9.05. The highest BCUT2D eigenvalue weighted by Crippen LogP contribution is 2.19. The normalized spacial score (nSPS) is 14.9. The van der Waals surface area contributed by atoms with Gasteiger partial charge in [-0.25, -0.2) is 4.98 Å². The second-order valence-corrected chi connectivity index (χ2v) is 4.94. The lowest BCUT2D eigenvalue weighted by molar-refractivity contribution is 0.281. The van der Waals surface area contributed by atoms with Gasteiger partial charge < -0.3 is 10.0 Å². The second kappa shape index (κ2) is 5.41. The van der Waals surface area contributed by atoms with Gasteiger partial charge in [-0.3, -0.25) is 0 Å². The van der Waals surface area contributed by atoms with Gasteiger partial charge in [-0.2, -0.15) is 0 Å². The van der Waals surface area contributed by atoms with Crippen LogP contribution in [0.3, 0.4) is 0 Å². The Balaban J connectivity index is 1.77. The molecule has 98 valence electrons. The predicted octanol–water partition coefficient (Wildman–Crippen LogP) is 2.18. The third-order valence-corrected chi connectivity index (χ3v) is 3.74. The lowest BCUT2D eigenvalue weighted by atomic mass is 10.0. The van der Waals surface area contributed by atoms with Crippen LogP contribution in [-0.4, -0.2) is 23.2 Å². The number of aromatic nitrogens is 1. The van der Waals surface area contributed by atoms with Crippen molar-refractivity contribution in [2.75, 3.05) is 18.0 Å². The molecular formula is C16H18N2O. The molecule has 1 aromatic carbocycles. The summed E-state index contributed by atoms with van der Waals surface area (Å²) >= 11 is 0. The van der Waals surface area contributed by atoms with Gasteiger partial charge in [0.1, 0.15) is 5.82 Å². The summed E-state index contributed by atoms with van der Waals surface area (Å²) in [7, 11) is 0. The Bertz CT molecular complexity index is 524. The van der Waals surface area contributed by atoms with E-state index in [0.29, 0.717) is 0 Å². The van der Waals surface area contributed by atoms with Gasteiger partial charge in [-0.1, -0.05) is 30.3 Å². The largest absolute Gasteiger partial charge is 0.392 e. The van der Waals surface area contributed by atoms with Crippen molar-refractivity contribution in [3.63, 3.8) is 0 Å². The van der Waals surface area contributed by atoms with Crippen LogP contribution in [0.5, 0.6) is 0 Å². The van der Waals surface area contributed by atoms with Crippen molar-refractivity contribution in [3.8, 4) is 0 Å². The molecule has 0 amide bonds. The molecule has 0 atom stereocenters. The maximum atomic E-state index is 9.05. The Labute approximate surface area is 113 Å². The first kappa shape index (κ1) is 12.2. The van der Waals surface area contributed by atoms with Crippen LogP contribution in [0.4, 0.5) is 5.82 Å². The Morgan fingerprint density at radius 1 is 1.00 bits per heavy atom. The van der Waals surface area contributed by atoms with Crippen LogP contribution in [0.2, 0.25) is 0 Å². The highest BCUT2D eigenvalue weighted by atomic mass is 16.3. The summed E-state index contributed by atoms with van der Waals surface area (Å²) in [6.07, 6.45) is 3.90. The number of anilines is 1. The van der Waals surface area contributed by atoms with Crippen LogP contribution < -0.4 is 4.90 Å². The third-order valence-electron chi connectivity index (χ3n) is 3.74. The summed E-state index contributed by atoms with van der Waals surface area (Å²) < 4.78 is 0. The molecule has 2 aromatic rings. The van der Waals surface area contributed by atoms with E-state index >= 15 is 0 Å². The fraction of sp³-hybridized carbons (Fsp3) is 0.312. The highest BCUT2D eigenvalue weighted by molar-refractivity contribution is 5.42. The van der Waals surface area contributed by atoms with Crippen LogP contribution in [0.1, 0.15) is 16.7 Å². The molecule has 1 aliphatic rings. The molecule has 0 saturated heterocycles. The summed E-state index contributed by atoms with van der Waals surface area (Å²) in [6, 6.07) is 12.6. The fourth-order valence-electron chi connectivity index (χ4n) is 2.59. The molecule has 0 unspecified atom stereocenters. The van der Waals surface area contributed by atoms with Crippen molar-refractivity contribution in [3.05, 3.63) is 59.3 Å². The first-order chi connectivity index (χ1) is 9.36. The van der Waals surface area contributed by atoms with E-state index in [1.54, 1.807) is 6.20 Å². The van der Waals surface area contributed by atoms with Gasteiger partial charge in [0.2, 0.25) is 0 Å². The molecule has 2 heterocycles. The average Bonchev–Trinajstić information content (AvgIpc) is 2.70. The van der Waals surface area contributed by atoms with Crippen LogP contribution >= 0.6 is 0 Å². The minimum absolute atomic E-state index is 0.0543. The lowest BCUT2D eigenvalue weighted by Gasteiger charge is -2.21. The van der Waals surface area contributed by atoms with E-state index in [0.717, 1.165) is 37.3 Å². The smallest absolute Gasteiger partial charge is 0.128 e. The van der Waals surface area contributed by atoms with Gasteiger partial charge in [0.15, 0.2) is 0 Å². The van der Waals surface area contributed by atoms with Crippen LogP contribution in [0, 0.1) is 0 Å². The molecule has 0 fully saturated rings. The maximum Gasteiger partial charge on any atom is 0.128 e. The zero-order chi connectivity index (χ0) is 13.1. The molecule has 0 aliphatic carbocycles. The van der Waals surface area contributed by atoms with Gasteiger partial charge in [-0.05, 0) is 35.6 Å². The molecule has 3 nitrogen and oxygen atoms in total. The van der Waals surface area contributed by atoms with E-state index in [9.17, 15) is 0 Å². The van der Waals surface area contributed by atoms with Crippen molar-refractivity contribution in [2.45, 2.75) is 19.4 Å².